The Labute approximate surface area is 123 Å². The molecule has 4 nitrogen and oxygen atoms in total. The van der Waals surface area contributed by atoms with Crippen molar-refractivity contribution in [3.05, 3.63) is 41.2 Å². The third-order valence-electron chi connectivity index (χ3n) is 3.21. The van der Waals surface area contributed by atoms with Gasteiger partial charge in [0, 0.05) is 31.3 Å². The average Bonchev–Trinajstić information content (AvgIpc) is 2.73. The van der Waals surface area contributed by atoms with Crippen LogP contribution in [0.1, 0.15) is 11.6 Å². The summed E-state index contributed by atoms with van der Waals surface area (Å²) in [5.41, 5.74) is 1.44. The molecule has 1 N–H and O–H groups in total. The summed E-state index contributed by atoms with van der Waals surface area (Å²) in [7, 11) is 0. The molecule has 21 heavy (non-hydrogen) atoms. The first-order chi connectivity index (χ1) is 9.92. The molecular formula is C13H11ClF3N3O. The quantitative estimate of drug-likeness (QED) is 0.945. The number of hydrogen-bond acceptors (Lipinski definition) is 3. The zero-order valence-electron chi connectivity index (χ0n) is 10.7. The lowest BCUT2D eigenvalue weighted by molar-refractivity contribution is -0.274. The molecule has 0 aliphatic carbocycles. The smallest absolute Gasteiger partial charge is 0.406 e. The van der Waals surface area contributed by atoms with E-state index in [4.69, 9.17) is 11.6 Å². The van der Waals surface area contributed by atoms with Crippen LogP contribution in [0.15, 0.2) is 30.5 Å². The zero-order valence-corrected chi connectivity index (χ0v) is 11.4. The molecule has 2 heterocycles. The van der Waals surface area contributed by atoms with Gasteiger partial charge in [0.2, 0.25) is 0 Å². The maximum atomic E-state index is 12.1. The van der Waals surface area contributed by atoms with Crippen LogP contribution in [0.25, 0.3) is 5.69 Å². The summed E-state index contributed by atoms with van der Waals surface area (Å²) in [5, 5.41) is 7.68. The zero-order chi connectivity index (χ0) is 15.0. The molecule has 0 unspecified atom stereocenters. The van der Waals surface area contributed by atoms with Gasteiger partial charge in [-0.15, -0.1) is 13.2 Å². The topological polar surface area (TPSA) is 39.1 Å². The average molecular weight is 318 g/mol. The lowest BCUT2D eigenvalue weighted by Crippen LogP contribution is -2.40. The van der Waals surface area contributed by atoms with Crippen molar-refractivity contribution in [3.8, 4) is 11.4 Å². The fourth-order valence-electron chi connectivity index (χ4n) is 2.06. The summed E-state index contributed by atoms with van der Waals surface area (Å²) in [5.74, 6) is 0.0182. The molecular weight excluding hydrogens is 307 g/mol. The Kier molecular flexibility index (Phi) is 3.54. The third-order valence-corrected chi connectivity index (χ3v) is 3.51. The molecule has 0 radical (unpaired) electrons. The third kappa shape index (κ3) is 3.14. The molecule has 1 saturated heterocycles. The van der Waals surface area contributed by atoms with E-state index in [9.17, 15) is 13.2 Å². The number of benzene rings is 1. The van der Waals surface area contributed by atoms with Gasteiger partial charge in [0.25, 0.3) is 0 Å². The van der Waals surface area contributed by atoms with E-state index in [2.05, 4.69) is 15.2 Å². The summed E-state index contributed by atoms with van der Waals surface area (Å²) in [4.78, 5) is 0. The van der Waals surface area contributed by atoms with Gasteiger partial charge in [0.05, 0.1) is 16.4 Å². The summed E-state index contributed by atoms with van der Waals surface area (Å²) >= 11 is 6.01. The molecule has 8 heteroatoms. The molecule has 3 rings (SSSR count). The Morgan fingerprint density at radius 1 is 1.29 bits per heavy atom. The maximum absolute atomic E-state index is 12.1. The highest BCUT2D eigenvalue weighted by molar-refractivity contribution is 6.32. The number of rotatable bonds is 3. The van der Waals surface area contributed by atoms with Crippen molar-refractivity contribution in [1.82, 2.24) is 15.1 Å². The Hall–Kier alpha value is -1.73. The van der Waals surface area contributed by atoms with Crippen molar-refractivity contribution in [3.63, 3.8) is 0 Å². The molecule has 2 aromatic rings. The van der Waals surface area contributed by atoms with Crippen LogP contribution in [0.2, 0.25) is 5.02 Å². The van der Waals surface area contributed by atoms with E-state index in [0.29, 0.717) is 11.6 Å². The van der Waals surface area contributed by atoms with Crippen molar-refractivity contribution in [2.24, 2.45) is 0 Å². The largest absolute Gasteiger partial charge is 0.573 e. The van der Waals surface area contributed by atoms with Crippen molar-refractivity contribution >= 4 is 11.6 Å². The summed E-state index contributed by atoms with van der Waals surface area (Å²) in [6, 6.07) is 5.65. The second-order valence-electron chi connectivity index (χ2n) is 4.70. The number of hydrogen-bond donors (Lipinski definition) is 1. The highest BCUT2D eigenvalue weighted by atomic mass is 35.5. The van der Waals surface area contributed by atoms with Crippen LogP contribution < -0.4 is 10.1 Å². The molecule has 0 saturated carbocycles. The van der Waals surface area contributed by atoms with E-state index in [-0.39, 0.29) is 10.8 Å². The second kappa shape index (κ2) is 5.23. The van der Waals surface area contributed by atoms with Crippen molar-refractivity contribution in [2.45, 2.75) is 12.3 Å². The molecule has 1 aromatic carbocycles. The second-order valence-corrected chi connectivity index (χ2v) is 5.11. The fraction of sp³-hybridized carbons (Fsp3) is 0.308. The molecule has 112 valence electrons. The minimum absolute atomic E-state index is 0.137. The molecule has 1 aliphatic heterocycles. The van der Waals surface area contributed by atoms with Gasteiger partial charge in [-0.05, 0) is 18.2 Å². The molecule has 0 spiro atoms. The first kappa shape index (κ1) is 14.2. The monoisotopic (exact) mass is 317 g/mol. The predicted molar refractivity (Wildman–Crippen MR) is 70.9 cm³/mol. The highest BCUT2D eigenvalue weighted by Crippen LogP contribution is 2.29. The van der Waals surface area contributed by atoms with Crippen LogP contribution in [-0.2, 0) is 0 Å². The van der Waals surface area contributed by atoms with Gasteiger partial charge in [-0.3, -0.25) is 0 Å². The van der Waals surface area contributed by atoms with Crippen molar-refractivity contribution in [1.29, 1.82) is 0 Å². The summed E-state index contributed by atoms with van der Waals surface area (Å²) in [6.45, 7) is 1.76. The first-order valence-corrected chi connectivity index (χ1v) is 6.62. The molecule has 0 amide bonds. The van der Waals surface area contributed by atoms with Crippen LogP contribution in [0.3, 0.4) is 0 Å². The Morgan fingerprint density at radius 2 is 2.05 bits per heavy atom. The lowest BCUT2D eigenvalue weighted by atomic mass is 10.0. The van der Waals surface area contributed by atoms with Gasteiger partial charge in [-0.1, -0.05) is 11.6 Å². The maximum Gasteiger partial charge on any atom is 0.573 e. The molecule has 1 aromatic heterocycles. The number of aromatic nitrogens is 2. The van der Waals surface area contributed by atoms with Crippen molar-refractivity contribution in [2.75, 3.05) is 13.1 Å². The number of nitrogens with one attached hydrogen (secondary N) is 1. The van der Waals surface area contributed by atoms with E-state index in [1.54, 1.807) is 10.9 Å². The molecule has 1 fully saturated rings. The molecule has 0 atom stereocenters. The first-order valence-electron chi connectivity index (χ1n) is 6.24. The van der Waals surface area contributed by atoms with Gasteiger partial charge in [0.1, 0.15) is 5.75 Å². The number of nitrogens with zero attached hydrogens (tertiary/aromatic N) is 2. The van der Waals surface area contributed by atoms with Crippen LogP contribution in [0.4, 0.5) is 13.2 Å². The van der Waals surface area contributed by atoms with Gasteiger partial charge in [0.15, 0.2) is 0 Å². The number of halogens is 4. The lowest BCUT2D eigenvalue weighted by Gasteiger charge is -2.25. The minimum Gasteiger partial charge on any atom is -0.406 e. The number of ether oxygens (including phenoxy) is 1. The normalized spacial score (nSPS) is 15.8. The molecule has 1 aliphatic rings. The van der Waals surface area contributed by atoms with E-state index < -0.39 is 6.36 Å². The van der Waals surface area contributed by atoms with Crippen LogP contribution in [0.5, 0.6) is 5.75 Å². The summed E-state index contributed by atoms with van der Waals surface area (Å²) in [6.07, 6.45) is -3.00. The Bertz CT molecular complexity index is 652. The van der Waals surface area contributed by atoms with Crippen LogP contribution >= 0.6 is 11.6 Å². The van der Waals surface area contributed by atoms with E-state index >= 15 is 0 Å². The molecule has 0 bridgehead atoms. The van der Waals surface area contributed by atoms with Crippen molar-refractivity contribution < 1.29 is 17.9 Å². The van der Waals surface area contributed by atoms with Crippen LogP contribution in [-0.4, -0.2) is 29.2 Å². The van der Waals surface area contributed by atoms with Gasteiger partial charge < -0.3 is 10.1 Å². The summed E-state index contributed by atoms with van der Waals surface area (Å²) < 4.78 is 41.8. The highest BCUT2D eigenvalue weighted by Gasteiger charge is 2.31. The predicted octanol–water partition coefficient (Wildman–Crippen LogP) is 3.11. The Morgan fingerprint density at radius 3 is 2.62 bits per heavy atom. The van der Waals surface area contributed by atoms with E-state index in [0.717, 1.165) is 24.8 Å². The van der Waals surface area contributed by atoms with E-state index in [1.165, 1.54) is 12.1 Å². The van der Waals surface area contributed by atoms with Gasteiger partial charge in [-0.2, -0.15) is 5.10 Å². The standard InChI is InChI=1S/C13H11ClF3N3O/c14-10-5-9(21-13(15,16)17)1-2-12(10)20-4-3-11(19-20)8-6-18-7-8/h1-5,8,18H,6-7H2. The fourth-order valence-corrected chi connectivity index (χ4v) is 2.32. The SMILES string of the molecule is FC(F)(F)Oc1ccc(-n2ccc(C3CNC3)n2)c(Cl)c1. The minimum atomic E-state index is -4.74. The van der Waals surface area contributed by atoms with Gasteiger partial charge in [-0.25, -0.2) is 4.68 Å². The van der Waals surface area contributed by atoms with E-state index in [1.807, 2.05) is 6.07 Å². The van der Waals surface area contributed by atoms with Crippen LogP contribution in [0, 0.1) is 0 Å². The number of alkyl halides is 3. The Balaban J connectivity index is 1.83. The van der Waals surface area contributed by atoms with Gasteiger partial charge >= 0.3 is 6.36 Å².